The Morgan fingerprint density at radius 3 is 2.87 bits per heavy atom. The van der Waals surface area contributed by atoms with Crippen LogP contribution in [0, 0.1) is 0 Å². The molecule has 4 nitrogen and oxygen atoms in total. The number of hydrogen-bond acceptors (Lipinski definition) is 4. The second-order valence-electron chi connectivity index (χ2n) is 3.65. The third kappa shape index (κ3) is 2.24. The van der Waals surface area contributed by atoms with E-state index in [0.717, 1.165) is 18.7 Å². The number of thiocarbonyl (C=S) groups is 1. The number of aliphatic hydroxyl groups excluding tert-OH is 1. The van der Waals surface area contributed by atoms with Crippen molar-refractivity contribution in [3.63, 3.8) is 0 Å². The second kappa shape index (κ2) is 4.12. The van der Waals surface area contributed by atoms with Crippen molar-refractivity contribution in [3.05, 3.63) is 24.0 Å². The zero-order valence-electron chi connectivity index (χ0n) is 8.26. The van der Waals surface area contributed by atoms with Crippen LogP contribution in [0.2, 0.25) is 0 Å². The van der Waals surface area contributed by atoms with Crippen LogP contribution in [0.1, 0.15) is 12.1 Å². The molecule has 1 saturated heterocycles. The predicted octanol–water partition coefficient (Wildman–Crippen LogP) is 0.287. The minimum atomic E-state index is -0.222. The molecule has 3 N–H and O–H groups in total. The summed E-state index contributed by atoms with van der Waals surface area (Å²) in [6.07, 6.45) is 2.34. The number of aliphatic hydroxyl groups is 1. The van der Waals surface area contributed by atoms with E-state index in [1.54, 1.807) is 6.20 Å². The van der Waals surface area contributed by atoms with E-state index < -0.39 is 0 Å². The standard InChI is InChI=1S/C10H13N3OS/c11-10(15)9-2-1-7(5-12-9)13-4-3-8(14)6-13/h1-2,5,8,14H,3-4,6H2,(H2,11,15). The molecule has 1 aliphatic rings. The Labute approximate surface area is 93.7 Å². The van der Waals surface area contributed by atoms with Crippen LogP contribution in [0.3, 0.4) is 0 Å². The minimum absolute atomic E-state index is 0.222. The third-order valence-corrected chi connectivity index (χ3v) is 2.74. The quantitative estimate of drug-likeness (QED) is 0.705. The molecule has 1 aliphatic heterocycles. The van der Waals surface area contributed by atoms with E-state index in [0.29, 0.717) is 17.2 Å². The van der Waals surface area contributed by atoms with Crippen LogP contribution in [0.4, 0.5) is 5.69 Å². The summed E-state index contributed by atoms with van der Waals surface area (Å²) in [6, 6.07) is 3.74. The molecule has 0 saturated carbocycles. The smallest absolute Gasteiger partial charge is 0.122 e. The summed E-state index contributed by atoms with van der Waals surface area (Å²) in [5.41, 5.74) is 7.09. The van der Waals surface area contributed by atoms with Crippen LogP contribution in [0.15, 0.2) is 18.3 Å². The fraction of sp³-hybridized carbons (Fsp3) is 0.400. The number of anilines is 1. The first-order chi connectivity index (χ1) is 7.16. The molecule has 0 radical (unpaired) electrons. The highest BCUT2D eigenvalue weighted by atomic mass is 32.1. The molecule has 1 atom stereocenters. The molecule has 1 aromatic heterocycles. The SMILES string of the molecule is NC(=S)c1ccc(N2CCC(O)C2)cn1. The maximum Gasteiger partial charge on any atom is 0.122 e. The number of nitrogens with zero attached hydrogens (tertiary/aromatic N) is 2. The van der Waals surface area contributed by atoms with Crippen LogP contribution in [-0.4, -0.2) is 34.3 Å². The van der Waals surface area contributed by atoms with Gasteiger partial charge < -0.3 is 15.7 Å². The van der Waals surface area contributed by atoms with Crippen LogP contribution in [-0.2, 0) is 0 Å². The summed E-state index contributed by atoms with van der Waals surface area (Å²) in [5, 5.41) is 9.40. The second-order valence-corrected chi connectivity index (χ2v) is 4.09. The Hall–Kier alpha value is -1.20. The van der Waals surface area contributed by atoms with Crippen LogP contribution >= 0.6 is 12.2 Å². The fourth-order valence-corrected chi connectivity index (χ4v) is 1.82. The highest BCUT2D eigenvalue weighted by Gasteiger charge is 2.20. The Bertz CT molecular complexity index is 365. The molecule has 0 aromatic carbocycles. The van der Waals surface area contributed by atoms with Gasteiger partial charge >= 0.3 is 0 Å². The predicted molar refractivity (Wildman–Crippen MR) is 63.0 cm³/mol. The van der Waals surface area contributed by atoms with E-state index >= 15 is 0 Å². The van der Waals surface area contributed by atoms with Gasteiger partial charge in [0.25, 0.3) is 0 Å². The minimum Gasteiger partial charge on any atom is -0.391 e. The van der Waals surface area contributed by atoms with E-state index in [9.17, 15) is 5.11 Å². The van der Waals surface area contributed by atoms with Gasteiger partial charge in [-0.1, -0.05) is 12.2 Å². The van der Waals surface area contributed by atoms with Crippen molar-refractivity contribution >= 4 is 22.9 Å². The Balaban J connectivity index is 2.13. The Kier molecular flexibility index (Phi) is 2.83. The summed E-state index contributed by atoms with van der Waals surface area (Å²) < 4.78 is 0. The average Bonchev–Trinajstić information content (AvgIpc) is 2.65. The Morgan fingerprint density at radius 2 is 2.40 bits per heavy atom. The van der Waals surface area contributed by atoms with Gasteiger partial charge in [-0.05, 0) is 18.6 Å². The molecule has 1 aromatic rings. The lowest BCUT2D eigenvalue weighted by atomic mass is 10.3. The van der Waals surface area contributed by atoms with Gasteiger partial charge in [-0.15, -0.1) is 0 Å². The summed E-state index contributed by atoms with van der Waals surface area (Å²) in [6.45, 7) is 1.55. The van der Waals surface area contributed by atoms with E-state index in [1.165, 1.54) is 0 Å². The molecule has 5 heteroatoms. The topological polar surface area (TPSA) is 62.4 Å². The molecule has 0 amide bonds. The van der Waals surface area contributed by atoms with E-state index in [1.807, 2.05) is 12.1 Å². The number of aromatic nitrogens is 1. The van der Waals surface area contributed by atoms with Crippen molar-refractivity contribution in [1.29, 1.82) is 0 Å². The van der Waals surface area contributed by atoms with Crippen LogP contribution < -0.4 is 10.6 Å². The van der Waals surface area contributed by atoms with Gasteiger partial charge in [-0.3, -0.25) is 4.98 Å². The molecule has 2 heterocycles. The lowest BCUT2D eigenvalue weighted by Gasteiger charge is -2.17. The highest BCUT2D eigenvalue weighted by Crippen LogP contribution is 2.19. The van der Waals surface area contributed by atoms with Crippen molar-refractivity contribution in [3.8, 4) is 0 Å². The van der Waals surface area contributed by atoms with Gasteiger partial charge in [0.1, 0.15) is 4.99 Å². The zero-order valence-corrected chi connectivity index (χ0v) is 9.07. The number of pyridine rings is 1. The fourth-order valence-electron chi connectivity index (χ4n) is 1.70. The van der Waals surface area contributed by atoms with E-state index in [4.69, 9.17) is 18.0 Å². The van der Waals surface area contributed by atoms with Crippen molar-refractivity contribution in [2.75, 3.05) is 18.0 Å². The summed E-state index contributed by atoms with van der Waals surface area (Å²) in [4.78, 5) is 6.56. The number of β-amino-alcohol motifs (C(OH)–C–C–N with tert-alkyl or cyclic N) is 1. The Morgan fingerprint density at radius 1 is 1.60 bits per heavy atom. The molecule has 80 valence electrons. The van der Waals surface area contributed by atoms with Crippen molar-refractivity contribution in [1.82, 2.24) is 4.98 Å². The maximum absolute atomic E-state index is 9.40. The van der Waals surface area contributed by atoms with Crippen molar-refractivity contribution in [2.24, 2.45) is 5.73 Å². The summed E-state index contributed by atoms with van der Waals surface area (Å²) >= 11 is 4.82. The van der Waals surface area contributed by atoms with Gasteiger partial charge in [0.15, 0.2) is 0 Å². The first-order valence-corrected chi connectivity index (χ1v) is 5.26. The largest absolute Gasteiger partial charge is 0.391 e. The monoisotopic (exact) mass is 223 g/mol. The average molecular weight is 223 g/mol. The molecule has 0 bridgehead atoms. The third-order valence-electron chi connectivity index (χ3n) is 2.53. The lowest BCUT2D eigenvalue weighted by Crippen LogP contribution is -2.21. The molecule has 2 rings (SSSR count). The molecule has 0 spiro atoms. The van der Waals surface area contributed by atoms with E-state index in [-0.39, 0.29) is 6.10 Å². The molecular formula is C10H13N3OS. The molecular weight excluding hydrogens is 210 g/mol. The normalized spacial score (nSPS) is 20.6. The maximum atomic E-state index is 9.40. The highest BCUT2D eigenvalue weighted by molar-refractivity contribution is 7.80. The number of rotatable bonds is 2. The molecule has 1 fully saturated rings. The van der Waals surface area contributed by atoms with Crippen LogP contribution in [0.25, 0.3) is 0 Å². The summed E-state index contributed by atoms with van der Waals surface area (Å²) in [7, 11) is 0. The summed E-state index contributed by atoms with van der Waals surface area (Å²) in [5.74, 6) is 0. The van der Waals surface area contributed by atoms with Gasteiger partial charge in [0.05, 0.1) is 23.7 Å². The number of hydrogen-bond donors (Lipinski definition) is 2. The van der Waals surface area contributed by atoms with Gasteiger partial charge in [0.2, 0.25) is 0 Å². The van der Waals surface area contributed by atoms with Crippen LogP contribution in [0.5, 0.6) is 0 Å². The first kappa shape index (κ1) is 10.3. The first-order valence-electron chi connectivity index (χ1n) is 4.85. The van der Waals surface area contributed by atoms with Gasteiger partial charge in [-0.2, -0.15) is 0 Å². The van der Waals surface area contributed by atoms with Crippen molar-refractivity contribution < 1.29 is 5.11 Å². The van der Waals surface area contributed by atoms with Crippen molar-refractivity contribution in [2.45, 2.75) is 12.5 Å². The molecule has 1 unspecified atom stereocenters. The van der Waals surface area contributed by atoms with Gasteiger partial charge in [0, 0.05) is 13.1 Å². The lowest BCUT2D eigenvalue weighted by molar-refractivity contribution is 0.198. The zero-order chi connectivity index (χ0) is 10.8. The number of nitrogens with two attached hydrogens (primary N) is 1. The molecule has 0 aliphatic carbocycles. The van der Waals surface area contributed by atoms with E-state index in [2.05, 4.69) is 9.88 Å². The van der Waals surface area contributed by atoms with Gasteiger partial charge in [-0.25, -0.2) is 0 Å². The molecule has 15 heavy (non-hydrogen) atoms.